The second-order valence-corrected chi connectivity index (χ2v) is 12.9. The Morgan fingerprint density at radius 2 is 1.86 bits per heavy atom. The number of methoxy groups -OCH3 is 1. The van der Waals surface area contributed by atoms with Crippen molar-refractivity contribution in [3.05, 3.63) is 94.4 Å². The van der Waals surface area contributed by atoms with Crippen molar-refractivity contribution in [1.82, 2.24) is 19.5 Å². The van der Waals surface area contributed by atoms with Crippen LogP contribution < -0.4 is 15.8 Å². The van der Waals surface area contributed by atoms with Gasteiger partial charge in [0.05, 0.1) is 28.5 Å². The average Bonchev–Trinajstić information content (AvgIpc) is 3.67. The summed E-state index contributed by atoms with van der Waals surface area (Å²) in [6.45, 7) is 6.87. The number of nitrogens with zero attached hydrogens (tertiary/aromatic N) is 4. The zero-order valence-corrected chi connectivity index (χ0v) is 26.7. The fraction of sp³-hybridized carbons (Fsp3) is 0.324. The van der Waals surface area contributed by atoms with Crippen LogP contribution in [0.3, 0.4) is 0 Å². The van der Waals surface area contributed by atoms with Gasteiger partial charge in [0.2, 0.25) is 0 Å². The lowest BCUT2D eigenvalue weighted by atomic mass is 9.91. The van der Waals surface area contributed by atoms with E-state index in [0.717, 1.165) is 50.0 Å². The first-order valence-corrected chi connectivity index (χ1v) is 15.6. The standard InChI is InChI=1S/C34H35BrN6O3/c1-19(25-16-28(30-29(25)43-34(2,3)44-30)41-12-11-24-31(36)38-18-39-33(24)41)13-21-5-8-22-15-26(35)32(40-27(22)14-21)37-17-20-6-9-23(42-4)10-7-20/h5-12,14-16,18-19,28-30H,13,17H2,1-4H3,(H,37,40)(H2,36,38,39)/t19?,28-,29-,30+/m1/s1. The minimum absolute atomic E-state index is 0.0685. The zero-order valence-electron chi connectivity index (χ0n) is 25.1. The van der Waals surface area contributed by atoms with Gasteiger partial charge < -0.3 is 29.8 Å². The van der Waals surface area contributed by atoms with Gasteiger partial charge in [0.25, 0.3) is 0 Å². The summed E-state index contributed by atoms with van der Waals surface area (Å²) in [4.78, 5) is 13.7. The molecule has 10 heteroatoms. The molecule has 0 bridgehead atoms. The molecular weight excluding hydrogens is 620 g/mol. The van der Waals surface area contributed by atoms with E-state index in [4.69, 9.17) is 24.9 Å². The molecule has 0 spiro atoms. The van der Waals surface area contributed by atoms with Crippen LogP contribution in [0.5, 0.6) is 5.75 Å². The number of hydrogen-bond donors (Lipinski definition) is 2. The number of benzene rings is 2. The minimum atomic E-state index is -0.681. The van der Waals surface area contributed by atoms with E-state index in [1.807, 2.05) is 38.2 Å². The van der Waals surface area contributed by atoms with Gasteiger partial charge >= 0.3 is 0 Å². The Morgan fingerprint density at radius 3 is 2.66 bits per heavy atom. The van der Waals surface area contributed by atoms with Gasteiger partial charge in [-0.25, -0.2) is 15.0 Å². The first kappa shape index (κ1) is 28.8. The molecule has 1 aliphatic heterocycles. The van der Waals surface area contributed by atoms with E-state index in [1.165, 1.54) is 17.5 Å². The number of aromatic nitrogens is 4. The van der Waals surface area contributed by atoms with Crippen molar-refractivity contribution in [3.8, 4) is 5.75 Å². The van der Waals surface area contributed by atoms with Gasteiger partial charge in [0, 0.05) is 18.1 Å². The largest absolute Gasteiger partial charge is 0.497 e. The van der Waals surface area contributed by atoms with Crippen molar-refractivity contribution in [1.29, 1.82) is 0 Å². The van der Waals surface area contributed by atoms with E-state index in [9.17, 15) is 0 Å². The van der Waals surface area contributed by atoms with Crippen molar-refractivity contribution >= 4 is 49.5 Å². The summed E-state index contributed by atoms with van der Waals surface area (Å²) >= 11 is 3.70. The highest BCUT2D eigenvalue weighted by atomic mass is 79.9. The quantitative estimate of drug-likeness (QED) is 0.175. The van der Waals surface area contributed by atoms with Gasteiger partial charge in [-0.05, 0) is 89.1 Å². The Bertz CT molecular complexity index is 1890. The van der Waals surface area contributed by atoms with Crippen LogP contribution in [0.1, 0.15) is 37.9 Å². The minimum Gasteiger partial charge on any atom is -0.497 e. The lowest BCUT2D eigenvalue weighted by Crippen LogP contribution is -2.28. The SMILES string of the molecule is COc1ccc(CNc2nc3cc(CC(C)C4=C[C@@H](n5ccc6c(N)ncnc65)[C@@H]5OC(C)(C)O[C@H]45)ccc3cc2Br)cc1. The molecule has 4 heterocycles. The predicted molar refractivity (Wildman–Crippen MR) is 176 cm³/mol. The number of rotatable bonds is 8. The molecule has 2 aliphatic rings. The molecule has 5 aromatic rings. The molecule has 0 radical (unpaired) electrons. The maximum atomic E-state index is 6.49. The number of fused-ring (bicyclic) bond motifs is 3. The maximum Gasteiger partial charge on any atom is 0.164 e. The van der Waals surface area contributed by atoms with Crippen molar-refractivity contribution in [2.24, 2.45) is 5.92 Å². The van der Waals surface area contributed by atoms with Crippen LogP contribution in [-0.4, -0.2) is 44.6 Å². The molecule has 0 amide bonds. The number of nitrogens with one attached hydrogen (secondary N) is 1. The molecule has 0 saturated carbocycles. The van der Waals surface area contributed by atoms with E-state index in [-0.39, 0.29) is 24.2 Å². The monoisotopic (exact) mass is 654 g/mol. The van der Waals surface area contributed by atoms with Crippen LogP contribution >= 0.6 is 15.9 Å². The van der Waals surface area contributed by atoms with Crippen LogP contribution in [0.2, 0.25) is 0 Å². The van der Waals surface area contributed by atoms with Crippen molar-refractivity contribution in [3.63, 3.8) is 0 Å². The first-order chi connectivity index (χ1) is 21.2. The number of anilines is 2. The Morgan fingerprint density at radius 1 is 1.07 bits per heavy atom. The molecule has 226 valence electrons. The van der Waals surface area contributed by atoms with Crippen LogP contribution in [0, 0.1) is 5.92 Å². The molecular formula is C34H35BrN6O3. The molecule has 3 N–H and O–H groups in total. The number of pyridine rings is 1. The van der Waals surface area contributed by atoms with Gasteiger partial charge in [-0.2, -0.15) is 0 Å². The van der Waals surface area contributed by atoms with E-state index in [1.54, 1.807) is 7.11 Å². The van der Waals surface area contributed by atoms with Crippen LogP contribution in [0.4, 0.5) is 11.6 Å². The Kier molecular flexibility index (Phi) is 7.31. The third-order valence-electron chi connectivity index (χ3n) is 8.58. The fourth-order valence-electron chi connectivity index (χ4n) is 6.44. The molecule has 1 unspecified atom stereocenters. The van der Waals surface area contributed by atoms with Crippen molar-refractivity contribution in [2.75, 3.05) is 18.2 Å². The summed E-state index contributed by atoms with van der Waals surface area (Å²) < 4.78 is 21.3. The second kappa shape index (κ2) is 11.2. The first-order valence-electron chi connectivity index (χ1n) is 14.8. The summed E-state index contributed by atoms with van der Waals surface area (Å²) in [5.41, 5.74) is 11.5. The van der Waals surface area contributed by atoms with Gasteiger partial charge in [-0.3, -0.25) is 0 Å². The Balaban J connectivity index is 1.14. The molecule has 1 fully saturated rings. The van der Waals surface area contributed by atoms with Crippen LogP contribution in [0.25, 0.3) is 21.9 Å². The lowest BCUT2D eigenvalue weighted by molar-refractivity contribution is -0.148. The highest BCUT2D eigenvalue weighted by Crippen LogP contribution is 2.46. The lowest BCUT2D eigenvalue weighted by Gasteiger charge is -2.22. The van der Waals surface area contributed by atoms with Gasteiger partial charge in [0.15, 0.2) is 5.79 Å². The molecule has 7 rings (SSSR count). The second-order valence-electron chi connectivity index (χ2n) is 12.0. The predicted octanol–water partition coefficient (Wildman–Crippen LogP) is 6.82. The molecule has 9 nitrogen and oxygen atoms in total. The average molecular weight is 656 g/mol. The number of hydrogen-bond acceptors (Lipinski definition) is 8. The molecule has 2 aromatic carbocycles. The maximum absolute atomic E-state index is 6.49. The molecule has 1 aliphatic carbocycles. The van der Waals surface area contributed by atoms with Crippen molar-refractivity contribution < 1.29 is 14.2 Å². The topological polar surface area (TPSA) is 109 Å². The van der Waals surface area contributed by atoms with Gasteiger partial charge in [-0.15, -0.1) is 0 Å². The summed E-state index contributed by atoms with van der Waals surface area (Å²) in [5.74, 6) is 1.66. The fourth-order valence-corrected chi connectivity index (χ4v) is 6.91. The summed E-state index contributed by atoms with van der Waals surface area (Å²) in [6, 6.07) is 18.6. The zero-order chi connectivity index (χ0) is 30.6. The summed E-state index contributed by atoms with van der Waals surface area (Å²) in [6.07, 6.45) is 6.36. The van der Waals surface area contributed by atoms with E-state index >= 15 is 0 Å². The number of nitrogens with two attached hydrogens (primary N) is 1. The van der Waals surface area contributed by atoms with E-state index < -0.39 is 5.79 Å². The van der Waals surface area contributed by atoms with Gasteiger partial charge in [0.1, 0.15) is 41.6 Å². The van der Waals surface area contributed by atoms with Crippen LogP contribution in [0.15, 0.2) is 83.2 Å². The summed E-state index contributed by atoms with van der Waals surface area (Å²) in [7, 11) is 1.67. The van der Waals surface area contributed by atoms with E-state index in [0.29, 0.717) is 12.4 Å². The number of ether oxygens (including phenoxy) is 3. The summed E-state index contributed by atoms with van der Waals surface area (Å²) in [5, 5.41) is 5.39. The highest BCUT2D eigenvalue weighted by Gasteiger charge is 2.51. The Labute approximate surface area is 264 Å². The molecule has 4 atom stereocenters. The Hall–Kier alpha value is -3.99. The normalized spacial score (nSPS) is 21.4. The molecule has 1 saturated heterocycles. The van der Waals surface area contributed by atoms with Gasteiger partial charge in [-0.1, -0.05) is 37.3 Å². The highest BCUT2D eigenvalue weighted by molar-refractivity contribution is 9.10. The molecule has 3 aromatic heterocycles. The van der Waals surface area contributed by atoms with E-state index in [2.05, 4.69) is 85.2 Å². The molecule has 44 heavy (non-hydrogen) atoms. The smallest absolute Gasteiger partial charge is 0.164 e. The van der Waals surface area contributed by atoms with Crippen LogP contribution in [-0.2, 0) is 22.4 Å². The number of halogens is 1. The third-order valence-corrected chi connectivity index (χ3v) is 9.19. The number of nitrogen functional groups attached to an aromatic ring is 1. The van der Waals surface area contributed by atoms with Crippen molar-refractivity contribution in [2.45, 2.75) is 57.8 Å². The third kappa shape index (κ3) is 5.31.